The quantitative estimate of drug-likeness (QED) is 0.932. The van der Waals surface area contributed by atoms with Crippen LogP contribution in [0.2, 0.25) is 0 Å². The molecule has 1 aliphatic rings. The fourth-order valence-corrected chi connectivity index (χ4v) is 2.94. The second-order valence-electron chi connectivity index (χ2n) is 6.48. The molecule has 2 amide bonds. The molecule has 0 unspecified atom stereocenters. The monoisotopic (exact) mass is 337 g/mol. The molecule has 1 heterocycles. The lowest BCUT2D eigenvalue weighted by Gasteiger charge is -2.16. The summed E-state index contributed by atoms with van der Waals surface area (Å²) in [6.45, 7) is 1.60. The summed E-state index contributed by atoms with van der Waals surface area (Å²) in [6.07, 6.45) is 2.10. The largest absolute Gasteiger partial charge is 0.378 e. The molecular weight excluding hydrogens is 314 g/mol. The Hall–Kier alpha value is -2.82. The van der Waals surface area contributed by atoms with Crippen molar-refractivity contribution in [3.8, 4) is 0 Å². The first-order chi connectivity index (χ1) is 12.0. The number of benzene rings is 2. The maximum absolute atomic E-state index is 12.5. The Bertz CT molecular complexity index is 763. The van der Waals surface area contributed by atoms with Gasteiger partial charge in [0, 0.05) is 49.7 Å². The zero-order valence-electron chi connectivity index (χ0n) is 14.7. The van der Waals surface area contributed by atoms with Gasteiger partial charge >= 0.3 is 0 Å². The van der Waals surface area contributed by atoms with Gasteiger partial charge in [0.1, 0.15) is 0 Å². The van der Waals surface area contributed by atoms with Crippen molar-refractivity contribution in [3.63, 3.8) is 0 Å². The average molecular weight is 337 g/mol. The lowest BCUT2D eigenvalue weighted by molar-refractivity contribution is 0.0793. The van der Waals surface area contributed by atoms with Crippen LogP contribution in [0.3, 0.4) is 0 Å². The van der Waals surface area contributed by atoms with Crippen molar-refractivity contribution in [3.05, 3.63) is 59.7 Å². The number of amides is 2. The van der Waals surface area contributed by atoms with E-state index in [0.717, 1.165) is 37.3 Å². The van der Waals surface area contributed by atoms with Crippen molar-refractivity contribution < 1.29 is 9.59 Å². The molecule has 130 valence electrons. The normalized spacial score (nSPS) is 13.6. The highest BCUT2D eigenvalue weighted by Crippen LogP contribution is 2.18. The van der Waals surface area contributed by atoms with Crippen LogP contribution in [0, 0.1) is 0 Å². The molecule has 1 aliphatic heterocycles. The predicted molar refractivity (Wildman–Crippen MR) is 100 cm³/mol. The van der Waals surface area contributed by atoms with Gasteiger partial charge in [0.15, 0.2) is 0 Å². The van der Waals surface area contributed by atoms with Gasteiger partial charge in [0.2, 0.25) is 0 Å². The third-order valence-electron chi connectivity index (χ3n) is 4.41. The van der Waals surface area contributed by atoms with Gasteiger partial charge in [0.05, 0.1) is 0 Å². The van der Waals surface area contributed by atoms with Crippen molar-refractivity contribution >= 4 is 23.2 Å². The second kappa shape index (κ2) is 7.38. The summed E-state index contributed by atoms with van der Waals surface area (Å²) < 4.78 is 0. The number of carbonyl (C=O) groups excluding carboxylic acids is 2. The van der Waals surface area contributed by atoms with Crippen molar-refractivity contribution in [2.75, 3.05) is 37.4 Å². The highest BCUT2D eigenvalue weighted by Gasteiger charge is 2.20. The summed E-state index contributed by atoms with van der Waals surface area (Å²) in [6, 6.07) is 14.6. The molecule has 1 N–H and O–H groups in total. The SMILES string of the molecule is CN(C)c1ccc(NC(=O)c2cccc(C(=O)N3CCCC3)c2)cc1. The molecule has 25 heavy (non-hydrogen) atoms. The van der Waals surface area contributed by atoms with Crippen LogP contribution in [-0.4, -0.2) is 43.9 Å². The van der Waals surface area contributed by atoms with Crippen molar-refractivity contribution in [2.45, 2.75) is 12.8 Å². The lowest BCUT2D eigenvalue weighted by atomic mass is 10.1. The molecule has 0 bridgehead atoms. The van der Waals surface area contributed by atoms with Crippen LogP contribution in [-0.2, 0) is 0 Å². The number of carbonyl (C=O) groups is 2. The molecule has 2 aromatic rings. The van der Waals surface area contributed by atoms with E-state index < -0.39 is 0 Å². The Labute approximate surface area is 148 Å². The van der Waals surface area contributed by atoms with Crippen molar-refractivity contribution in [1.29, 1.82) is 0 Å². The van der Waals surface area contributed by atoms with Gasteiger partial charge in [-0.25, -0.2) is 0 Å². The molecule has 0 saturated carbocycles. The van der Waals surface area contributed by atoms with E-state index in [1.54, 1.807) is 24.3 Å². The summed E-state index contributed by atoms with van der Waals surface area (Å²) in [7, 11) is 3.94. The minimum absolute atomic E-state index is 0.00230. The van der Waals surface area contributed by atoms with Gasteiger partial charge in [-0.3, -0.25) is 9.59 Å². The number of hydrogen-bond acceptors (Lipinski definition) is 3. The van der Waals surface area contributed by atoms with Crippen molar-refractivity contribution in [2.24, 2.45) is 0 Å². The van der Waals surface area contributed by atoms with E-state index in [1.807, 2.05) is 48.2 Å². The smallest absolute Gasteiger partial charge is 0.255 e. The fraction of sp³-hybridized carbons (Fsp3) is 0.300. The van der Waals surface area contributed by atoms with Gasteiger partial charge in [-0.15, -0.1) is 0 Å². The predicted octanol–water partition coefficient (Wildman–Crippen LogP) is 3.24. The first-order valence-electron chi connectivity index (χ1n) is 8.53. The van der Waals surface area contributed by atoms with E-state index in [-0.39, 0.29) is 11.8 Å². The number of nitrogens with one attached hydrogen (secondary N) is 1. The van der Waals surface area contributed by atoms with Crippen LogP contribution in [0.5, 0.6) is 0 Å². The van der Waals surface area contributed by atoms with Crippen molar-refractivity contribution in [1.82, 2.24) is 4.90 Å². The minimum Gasteiger partial charge on any atom is -0.378 e. The molecule has 3 rings (SSSR count). The van der Waals surface area contributed by atoms with Gasteiger partial charge in [-0.2, -0.15) is 0 Å². The Balaban J connectivity index is 1.71. The van der Waals surface area contributed by atoms with E-state index in [4.69, 9.17) is 0 Å². The van der Waals surface area contributed by atoms with Gasteiger partial charge in [-0.05, 0) is 55.3 Å². The maximum Gasteiger partial charge on any atom is 0.255 e. The van der Waals surface area contributed by atoms with Crippen LogP contribution in [0.4, 0.5) is 11.4 Å². The molecule has 0 atom stereocenters. The van der Waals surface area contributed by atoms with E-state index in [0.29, 0.717) is 11.1 Å². The fourth-order valence-electron chi connectivity index (χ4n) is 2.94. The Morgan fingerprint density at radius 1 is 0.960 bits per heavy atom. The van der Waals surface area contributed by atoms with Gasteiger partial charge in [0.25, 0.3) is 11.8 Å². The van der Waals surface area contributed by atoms with Crippen LogP contribution in [0.25, 0.3) is 0 Å². The molecular formula is C20H23N3O2. The molecule has 0 spiro atoms. The van der Waals surface area contributed by atoms with Gasteiger partial charge in [-0.1, -0.05) is 6.07 Å². The number of likely N-dealkylation sites (tertiary alicyclic amines) is 1. The number of rotatable bonds is 4. The summed E-state index contributed by atoms with van der Waals surface area (Å²) in [4.78, 5) is 28.8. The van der Waals surface area contributed by atoms with E-state index in [1.165, 1.54) is 0 Å². The molecule has 0 radical (unpaired) electrons. The lowest BCUT2D eigenvalue weighted by Crippen LogP contribution is -2.27. The summed E-state index contributed by atoms with van der Waals surface area (Å²) in [5.41, 5.74) is 2.85. The van der Waals surface area contributed by atoms with E-state index in [2.05, 4.69) is 5.32 Å². The Morgan fingerprint density at radius 2 is 1.60 bits per heavy atom. The third-order valence-corrected chi connectivity index (χ3v) is 4.41. The standard InChI is InChI=1S/C20H23N3O2/c1-22(2)18-10-8-17(9-11-18)21-19(24)15-6-5-7-16(14-15)20(25)23-12-3-4-13-23/h5-11,14H,3-4,12-13H2,1-2H3,(H,21,24). The topological polar surface area (TPSA) is 52.7 Å². The summed E-state index contributed by atoms with van der Waals surface area (Å²) in [5, 5.41) is 2.88. The minimum atomic E-state index is -0.214. The molecule has 0 aromatic heterocycles. The first kappa shape index (κ1) is 17.0. The average Bonchev–Trinajstić information content (AvgIpc) is 3.16. The van der Waals surface area contributed by atoms with Crippen LogP contribution >= 0.6 is 0 Å². The van der Waals surface area contributed by atoms with Gasteiger partial charge < -0.3 is 15.1 Å². The molecule has 1 fully saturated rings. The summed E-state index contributed by atoms with van der Waals surface area (Å²) in [5.74, 6) is -0.212. The Kier molecular flexibility index (Phi) is 5.03. The Morgan fingerprint density at radius 3 is 2.24 bits per heavy atom. The maximum atomic E-state index is 12.5. The second-order valence-corrected chi connectivity index (χ2v) is 6.48. The molecule has 1 saturated heterocycles. The molecule has 5 heteroatoms. The van der Waals surface area contributed by atoms with E-state index >= 15 is 0 Å². The molecule has 0 aliphatic carbocycles. The summed E-state index contributed by atoms with van der Waals surface area (Å²) >= 11 is 0. The van der Waals surface area contributed by atoms with Crippen LogP contribution in [0.1, 0.15) is 33.6 Å². The van der Waals surface area contributed by atoms with E-state index in [9.17, 15) is 9.59 Å². The zero-order chi connectivity index (χ0) is 17.8. The molecule has 2 aromatic carbocycles. The van der Waals surface area contributed by atoms with Crippen LogP contribution in [0.15, 0.2) is 48.5 Å². The molecule has 5 nitrogen and oxygen atoms in total. The zero-order valence-corrected chi connectivity index (χ0v) is 14.7. The van der Waals surface area contributed by atoms with Crippen LogP contribution < -0.4 is 10.2 Å². The highest BCUT2D eigenvalue weighted by molar-refractivity contribution is 6.06. The first-order valence-corrected chi connectivity index (χ1v) is 8.53. The highest BCUT2D eigenvalue weighted by atomic mass is 16.2. The number of anilines is 2. The number of nitrogens with zero attached hydrogens (tertiary/aromatic N) is 2. The number of hydrogen-bond donors (Lipinski definition) is 1. The third kappa shape index (κ3) is 3.99.